The number of nitrogens with one attached hydrogen (secondary N) is 1. The van der Waals surface area contributed by atoms with E-state index in [1.165, 1.54) is 29.8 Å². The van der Waals surface area contributed by atoms with Crippen molar-refractivity contribution in [1.29, 1.82) is 0 Å². The molecule has 2 aromatic rings. The number of benzene rings is 2. The first-order valence-corrected chi connectivity index (χ1v) is 10.5. The van der Waals surface area contributed by atoms with Crippen molar-refractivity contribution in [2.75, 3.05) is 26.3 Å². The van der Waals surface area contributed by atoms with E-state index in [0.29, 0.717) is 13.2 Å². The van der Waals surface area contributed by atoms with Gasteiger partial charge >= 0.3 is 5.97 Å². The highest BCUT2D eigenvalue weighted by Crippen LogP contribution is 2.12. The summed E-state index contributed by atoms with van der Waals surface area (Å²) in [5.74, 6) is -1.54. The van der Waals surface area contributed by atoms with Gasteiger partial charge in [0.05, 0.1) is 6.61 Å². The van der Waals surface area contributed by atoms with Gasteiger partial charge in [-0.2, -0.15) is 0 Å². The molecule has 1 saturated heterocycles. The van der Waals surface area contributed by atoms with Gasteiger partial charge in [-0.05, 0) is 35.7 Å². The van der Waals surface area contributed by atoms with Crippen LogP contribution >= 0.6 is 0 Å². The van der Waals surface area contributed by atoms with E-state index in [1.54, 1.807) is 0 Å². The molecule has 2 unspecified atom stereocenters. The zero-order valence-electron chi connectivity index (χ0n) is 17.9. The molecule has 1 aliphatic heterocycles. The summed E-state index contributed by atoms with van der Waals surface area (Å²) in [5, 5.41) is 2.69. The molecule has 0 radical (unpaired) electrons. The molecule has 0 aliphatic carbocycles. The van der Waals surface area contributed by atoms with Crippen LogP contribution in [0, 0.1) is 11.7 Å². The van der Waals surface area contributed by atoms with E-state index in [1.807, 2.05) is 32.0 Å². The van der Waals surface area contributed by atoms with Gasteiger partial charge in [-0.1, -0.05) is 44.2 Å². The predicted molar refractivity (Wildman–Crippen MR) is 115 cm³/mol. The highest BCUT2D eigenvalue weighted by atomic mass is 19.1. The van der Waals surface area contributed by atoms with Gasteiger partial charge in [0.1, 0.15) is 24.6 Å². The Labute approximate surface area is 182 Å². The molecule has 31 heavy (non-hydrogen) atoms. The number of esters is 1. The molecule has 3 rings (SSSR count). The van der Waals surface area contributed by atoms with E-state index in [-0.39, 0.29) is 24.2 Å². The summed E-state index contributed by atoms with van der Waals surface area (Å²) in [6, 6.07) is 14.6. The molecule has 2 aromatic carbocycles. The van der Waals surface area contributed by atoms with Crippen molar-refractivity contribution in [1.82, 2.24) is 10.2 Å². The summed E-state index contributed by atoms with van der Waals surface area (Å²) in [5.41, 5.74) is 1.51. The van der Waals surface area contributed by atoms with Crippen LogP contribution in [0.25, 0.3) is 0 Å². The molecule has 0 bridgehead atoms. The molecule has 0 spiro atoms. The maximum absolute atomic E-state index is 13.1. The Bertz CT molecular complexity index is 858. The van der Waals surface area contributed by atoms with E-state index in [4.69, 9.17) is 9.47 Å². The van der Waals surface area contributed by atoms with Crippen molar-refractivity contribution in [3.8, 4) is 0 Å². The molecule has 7 heteroatoms. The second kappa shape index (κ2) is 11.0. The van der Waals surface area contributed by atoms with E-state index in [2.05, 4.69) is 22.3 Å². The van der Waals surface area contributed by atoms with Crippen LogP contribution in [0.4, 0.5) is 4.39 Å². The summed E-state index contributed by atoms with van der Waals surface area (Å²) in [6.07, 6.45) is -0.220. The smallest absolute Gasteiger partial charge is 0.329 e. The molecular weight excluding hydrogens is 399 g/mol. The normalized spacial score (nSPS) is 17.9. The van der Waals surface area contributed by atoms with Crippen molar-refractivity contribution in [3.05, 3.63) is 71.5 Å². The Kier molecular flexibility index (Phi) is 8.14. The number of morpholine rings is 1. The first kappa shape index (κ1) is 22.9. The van der Waals surface area contributed by atoms with Gasteiger partial charge in [-0.25, -0.2) is 9.18 Å². The molecule has 0 saturated carbocycles. The fourth-order valence-corrected chi connectivity index (χ4v) is 3.45. The zero-order chi connectivity index (χ0) is 22.2. The number of halogens is 1. The second-order valence-electron chi connectivity index (χ2n) is 8.05. The molecule has 1 aliphatic rings. The standard InChI is InChI=1S/C24H29FN2O4/c1-17(2)22(26-23(28)19-8-10-20(25)11-9-19)24(29)31-16-21-15-27(12-13-30-21)14-18-6-4-3-5-7-18/h3-11,17,21-22H,12-16H2,1-2H3,(H,26,28). The lowest BCUT2D eigenvalue weighted by molar-refractivity contribution is -0.154. The number of carbonyl (C=O) groups excluding carboxylic acids is 2. The molecule has 1 N–H and O–H groups in total. The van der Waals surface area contributed by atoms with Crippen LogP contribution in [0.2, 0.25) is 0 Å². The number of carbonyl (C=O) groups is 2. The third kappa shape index (κ3) is 6.87. The van der Waals surface area contributed by atoms with Crippen LogP contribution in [0.3, 0.4) is 0 Å². The van der Waals surface area contributed by atoms with Crippen molar-refractivity contribution in [3.63, 3.8) is 0 Å². The van der Waals surface area contributed by atoms with E-state index in [9.17, 15) is 14.0 Å². The zero-order valence-corrected chi connectivity index (χ0v) is 17.9. The van der Waals surface area contributed by atoms with Crippen LogP contribution in [0.15, 0.2) is 54.6 Å². The van der Waals surface area contributed by atoms with Crippen LogP contribution in [0.1, 0.15) is 29.8 Å². The number of hydrogen-bond donors (Lipinski definition) is 1. The lowest BCUT2D eigenvalue weighted by atomic mass is 10.0. The van der Waals surface area contributed by atoms with Crippen molar-refractivity contribution >= 4 is 11.9 Å². The minimum Gasteiger partial charge on any atom is -0.461 e. The highest BCUT2D eigenvalue weighted by molar-refractivity contribution is 5.96. The van der Waals surface area contributed by atoms with E-state index >= 15 is 0 Å². The second-order valence-corrected chi connectivity index (χ2v) is 8.05. The Hall–Kier alpha value is -2.77. The first-order valence-electron chi connectivity index (χ1n) is 10.5. The first-order chi connectivity index (χ1) is 14.9. The minimum absolute atomic E-state index is 0.125. The Morgan fingerprint density at radius 2 is 1.87 bits per heavy atom. The van der Waals surface area contributed by atoms with Crippen molar-refractivity contribution in [2.24, 2.45) is 5.92 Å². The summed E-state index contributed by atoms with van der Waals surface area (Å²) >= 11 is 0. The van der Waals surface area contributed by atoms with Crippen LogP contribution in [-0.2, 0) is 20.8 Å². The van der Waals surface area contributed by atoms with Crippen LogP contribution in [0.5, 0.6) is 0 Å². The number of nitrogens with zero attached hydrogens (tertiary/aromatic N) is 1. The van der Waals surface area contributed by atoms with Gasteiger partial charge in [-0.3, -0.25) is 9.69 Å². The summed E-state index contributed by atoms with van der Waals surface area (Å²) in [6.45, 7) is 6.66. The van der Waals surface area contributed by atoms with Gasteiger partial charge in [-0.15, -0.1) is 0 Å². The quantitative estimate of drug-likeness (QED) is 0.655. The SMILES string of the molecule is CC(C)C(NC(=O)c1ccc(F)cc1)C(=O)OCC1CN(Cc2ccccc2)CCO1. The van der Waals surface area contributed by atoms with Crippen molar-refractivity contribution in [2.45, 2.75) is 32.5 Å². The Balaban J connectivity index is 1.51. The van der Waals surface area contributed by atoms with Gasteiger partial charge in [0.25, 0.3) is 5.91 Å². The lowest BCUT2D eigenvalue weighted by Crippen LogP contribution is -2.48. The monoisotopic (exact) mass is 428 g/mol. The number of rotatable bonds is 8. The Morgan fingerprint density at radius 3 is 2.55 bits per heavy atom. The maximum atomic E-state index is 13.1. The van der Waals surface area contributed by atoms with Crippen molar-refractivity contribution < 1.29 is 23.5 Å². The topological polar surface area (TPSA) is 67.9 Å². The average molecular weight is 429 g/mol. The molecule has 166 valence electrons. The average Bonchev–Trinajstić information content (AvgIpc) is 2.77. The summed E-state index contributed by atoms with van der Waals surface area (Å²) in [7, 11) is 0. The number of amides is 1. The fraction of sp³-hybridized carbons (Fsp3) is 0.417. The summed E-state index contributed by atoms with van der Waals surface area (Å²) in [4.78, 5) is 27.4. The summed E-state index contributed by atoms with van der Waals surface area (Å²) < 4.78 is 24.3. The molecule has 1 heterocycles. The van der Waals surface area contributed by atoms with E-state index < -0.39 is 23.7 Å². The van der Waals surface area contributed by atoms with E-state index in [0.717, 1.165) is 13.1 Å². The minimum atomic E-state index is -0.804. The van der Waals surface area contributed by atoms with Gasteiger partial charge < -0.3 is 14.8 Å². The van der Waals surface area contributed by atoms with Crippen LogP contribution < -0.4 is 5.32 Å². The largest absolute Gasteiger partial charge is 0.461 e. The Morgan fingerprint density at radius 1 is 1.16 bits per heavy atom. The highest BCUT2D eigenvalue weighted by Gasteiger charge is 2.28. The number of ether oxygens (including phenoxy) is 2. The molecule has 1 amide bonds. The molecule has 2 atom stereocenters. The van der Waals surface area contributed by atoms with Gasteiger partial charge in [0.15, 0.2) is 0 Å². The molecule has 1 fully saturated rings. The third-order valence-corrected chi connectivity index (χ3v) is 5.20. The number of hydrogen-bond acceptors (Lipinski definition) is 5. The van der Waals surface area contributed by atoms with Gasteiger partial charge in [0.2, 0.25) is 0 Å². The molecule has 6 nitrogen and oxygen atoms in total. The predicted octanol–water partition coefficient (Wildman–Crippen LogP) is 3.02. The third-order valence-electron chi connectivity index (χ3n) is 5.20. The molecular formula is C24H29FN2O4. The fourth-order valence-electron chi connectivity index (χ4n) is 3.45. The lowest BCUT2D eigenvalue weighted by Gasteiger charge is -2.33. The van der Waals surface area contributed by atoms with Gasteiger partial charge in [0, 0.05) is 25.2 Å². The molecule has 0 aromatic heterocycles. The van der Waals surface area contributed by atoms with Crippen LogP contribution in [-0.4, -0.2) is 55.2 Å². The maximum Gasteiger partial charge on any atom is 0.329 e.